The number of fused-ring (bicyclic) bond motifs is 1. The van der Waals surface area contributed by atoms with Crippen LogP contribution in [0.4, 0.5) is 5.69 Å². The molecule has 0 radical (unpaired) electrons. The zero-order valence-electron chi connectivity index (χ0n) is 12.0. The maximum atomic E-state index is 12.5. The van der Waals surface area contributed by atoms with E-state index >= 15 is 0 Å². The van der Waals surface area contributed by atoms with E-state index in [1.807, 2.05) is 35.8 Å². The van der Waals surface area contributed by atoms with Gasteiger partial charge in [0.2, 0.25) is 5.91 Å². The summed E-state index contributed by atoms with van der Waals surface area (Å²) in [5.74, 6) is 0.739. The Kier molecular flexibility index (Phi) is 3.85. The molecule has 0 bridgehead atoms. The summed E-state index contributed by atoms with van der Waals surface area (Å²) >= 11 is 0. The van der Waals surface area contributed by atoms with E-state index in [0.29, 0.717) is 6.54 Å². The van der Waals surface area contributed by atoms with Crippen LogP contribution in [0.5, 0.6) is 0 Å². The molecule has 2 heterocycles. The fourth-order valence-corrected chi connectivity index (χ4v) is 2.71. The SMILES string of the molecule is CCn1cnnc1CNC(=O)C1CCNc2ccccc21. The first-order valence-corrected chi connectivity index (χ1v) is 7.26. The molecule has 3 rings (SSSR count). The van der Waals surface area contributed by atoms with Crippen molar-refractivity contribution in [3.8, 4) is 0 Å². The molecule has 1 unspecified atom stereocenters. The molecule has 6 heteroatoms. The van der Waals surface area contributed by atoms with E-state index in [4.69, 9.17) is 0 Å². The number of aromatic nitrogens is 3. The molecule has 1 aromatic carbocycles. The number of aryl methyl sites for hydroxylation is 1. The van der Waals surface area contributed by atoms with E-state index in [1.165, 1.54) is 0 Å². The molecule has 0 saturated heterocycles. The molecule has 0 saturated carbocycles. The Bertz CT molecular complexity index is 636. The molecule has 21 heavy (non-hydrogen) atoms. The minimum atomic E-state index is -0.0968. The van der Waals surface area contributed by atoms with Crippen molar-refractivity contribution in [2.45, 2.75) is 32.4 Å². The highest BCUT2D eigenvalue weighted by molar-refractivity contribution is 5.86. The molecular weight excluding hydrogens is 266 g/mol. The predicted molar refractivity (Wildman–Crippen MR) is 79.8 cm³/mol. The summed E-state index contributed by atoms with van der Waals surface area (Å²) in [7, 11) is 0. The first-order chi connectivity index (χ1) is 10.3. The number of hydrogen-bond acceptors (Lipinski definition) is 4. The standard InChI is InChI=1S/C15H19N5O/c1-2-20-10-18-19-14(20)9-17-15(21)12-7-8-16-13-6-4-3-5-11(12)13/h3-6,10,12,16H,2,7-9H2,1H3,(H,17,21). The average molecular weight is 285 g/mol. The van der Waals surface area contributed by atoms with Gasteiger partial charge in [0.25, 0.3) is 0 Å². The zero-order valence-corrected chi connectivity index (χ0v) is 12.0. The number of rotatable bonds is 4. The number of para-hydroxylation sites is 1. The molecule has 0 spiro atoms. The largest absolute Gasteiger partial charge is 0.385 e. The summed E-state index contributed by atoms with van der Waals surface area (Å²) in [6.45, 7) is 4.06. The lowest BCUT2D eigenvalue weighted by Crippen LogP contribution is -2.33. The number of carbonyl (C=O) groups excluding carboxylic acids is 1. The fourth-order valence-electron chi connectivity index (χ4n) is 2.71. The highest BCUT2D eigenvalue weighted by atomic mass is 16.1. The molecule has 2 aromatic rings. The van der Waals surface area contributed by atoms with Crippen LogP contribution >= 0.6 is 0 Å². The van der Waals surface area contributed by atoms with Gasteiger partial charge in [-0.2, -0.15) is 0 Å². The normalized spacial score (nSPS) is 16.9. The van der Waals surface area contributed by atoms with Gasteiger partial charge >= 0.3 is 0 Å². The second kappa shape index (κ2) is 5.95. The van der Waals surface area contributed by atoms with Crippen molar-refractivity contribution in [1.29, 1.82) is 0 Å². The van der Waals surface area contributed by atoms with Gasteiger partial charge in [0.05, 0.1) is 12.5 Å². The van der Waals surface area contributed by atoms with E-state index in [-0.39, 0.29) is 11.8 Å². The van der Waals surface area contributed by atoms with Gasteiger partial charge in [-0.3, -0.25) is 4.79 Å². The lowest BCUT2D eigenvalue weighted by Gasteiger charge is -2.25. The predicted octanol–water partition coefficient (Wildman–Crippen LogP) is 1.51. The molecule has 1 atom stereocenters. The summed E-state index contributed by atoms with van der Waals surface area (Å²) in [6.07, 6.45) is 2.49. The first kappa shape index (κ1) is 13.6. The molecular formula is C15H19N5O. The van der Waals surface area contributed by atoms with Gasteiger partial charge in [-0.05, 0) is 25.0 Å². The molecule has 0 fully saturated rings. The van der Waals surface area contributed by atoms with Crippen molar-refractivity contribution in [1.82, 2.24) is 20.1 Å². The number of anilines is 1. The maximum Gasteiger partial charge on any atom is 0.228 e. The Hall–Kier alpha value is -2.37. The lowest BCUT2D eigenvalue weighted by atomic mass is 9.90. The zero-order chi connectivity index (χ0) is 14.7. The number of nitrogens with one attached hydrogen (secondary N) is 2. The molecule has 0 aliphatic carbocycles. The fraction of sp³-hybridized carbons (Fsp3) is 0.400. The first-order valence-electron chi connectivity index (χ1n) is 7.26. The smallest absolute Gasteiger partial charge is 0.228 e. The van der Waals surface area contributed by atoms with Crippen LogP contribution in [0, 0.1) is 0 Å². The highest BCUT2D eigenvalue weighted by Crippen LogP contribution is 2.31. The third-order valence-corrected chi connectivity index (χ3v) is 3.86. The van der Waals surface area contributed by atoms with Gasteiger partial charge in [0.15, 0.2) is 5.82 Å². The van der Waals surface area contributed by atoms with Crippen LogP contribution in [0.2, 0.25) is 0 Å². The van der Waals surface area contributed by atoms with Crippen LogP contribution in [0.25, 0.3) is 0 Å². The van der Waals surface area contributed by atoms with Crippen LogP contribution in [0.15, 0.2) is 30.6 Å². The number of benzene rings is 1. The summed E-state index contributed by atoms with van der Waals surface area (Å²) in [5.41, 5.74) is 2.12. The second-order valence-electron chi connectivity index (χ2n) is 5.11. The summed E-state index contributed by atoms with van der Waals surface area (Å²) in [4.78, 5) is 12.5. The van der Waals surface area contributed by atoms with Gasteiger partial charge in [0, 0.05) is 18.8 Å². The van der Waals surface area contributed by atoms with E-state index in [2.05, 4.69) is 20.8 Å². The van der Waals surface area contributed by atoms with Crippen molar-refractivity contribution in [3.63, 3.8) is 0 Å². The van der Waals surface area contributed by atoms with Crippen molar-refractivity contribution in [3.05, 3.63) is 42.0 Å². The third-order valence-electron chi connectivity index (χ3n) is 3.86. The highest BCUT2D eigenvalue weighted by Gasteiger charge is 2.26. The Balaban J connectivity index is 1.69. The van der Waals surface area contributed by atoms with Crippen molar-refractivity contribution in [2.75, 3.05) is 11.9 Å². The molecule has 6 nitrogen and oxygen atoms in total. The molecule has 1 aliphatic rings. The molecule has 1 aliphatic heterocycles. The van der Waals surface area contributed by atoms with Crippen molar-refractivity contribution >= 4 is 11.6 Å². The van der Waals surface area contributed by atoms with Gasteiger partial charge in [-0.1, -0.05) is 18.2 Å². The summed E-state index contributed by atoms with van der Waals surface area (Å²) in [6, 6.07) is 7.98. The van der Waals surface area contributed by atoms with Crippen LogP contribution in [-0.2, 0) is 17.9 Å². The molecule has 110 valence electrons. The van der Waals surface area contributed by atoms with Crippen LogP contribution in [-0.4, -0.2) is 27.2 Å². The van der Waals surface area contributed by atoms with Gasteiger partial charge in [-0.15, -0.1) is 10.2 Å². The molecule has 2 N–H and O–H groups in total. The van der Waals surface area contributed by atoms with Crippen molar-refractivity contribution in [2.24, 2.45) is 0 Å². The Morgan fingerprint density at radius 2 is 2.33 bits per heavy atom. The van der Waals surface area contributed by atoms with Gasteiger partial charge < -0.3 is 15.2 Å². The maximum absolute atomic E-state index is 12.5. The van der Waals surface area contributed by atoms with Gasteiger partial charge in [-0.25, -0.2) is 0 Å². The Morgan fingerprint density at radius 3 is 3.19 bits per heavy atom. The number of nitrogens with zero attached hydrogens (tertiary/aromatic N) is 3. The minimum Gasteiger partial charge on any atom is -0.385 e. The van der Waals surface area contributed by atoms with Crippen LogP contribution < -0.4 is 10.6 Å². The van der Waals surface area contributed by atoms with E-state index in [1.54, 1.807) is 6.33 Å². The minimum absolute atomic E-state index is 0.0506. The van der Waals surface area contributed by atoms with E-state index in [9.17, 15) is 4.79 Å². The Labute approximate surface area is 123 Å². The number of hydrogen-bond donors (Lipinski definition) is 2. The van der Waals surface area contributed by atoms with Crippen LogP contribution in [0.3, 0.4) is 0 Å². The molecule has 1 aromatic heterocycles. The lowest BCUT2D eigenvalue weighted by molar-refractivity contribution is -0.122. The monoisotopic (exact) mass is 285 g/mol. The quantitative estimate of drug-likeness (QED) is 0.893. The van der Waals surface area contributed by atoms with Crippen LogP contribution in [0.1, 0.15) is 30.7 Å². The topological polar surface area (TPSA) is 71.8 Å². The second-order valence-corrected chi connectivity index (χ2v) is 5.11. The Morgan fingerprint density at radius 1 is 1.48 bits per heavy atom. The molecule has 1 amide bonds. The van der Waals surface area contributed by atoms with E-state index < -0.39 is 0 Å². The third kappa shape index (κ3) is 2.74. The average Bonchev–Trinajstić information content (AvgIpc) is 2.99. The summed E-state index contributed by atoms with van der Waals surface area (Å²) < 4.78 is 1.93. The van der Waals surface area contributed by atoms with E-state index in [0.717, 1.165) is 36.6 Å². The summed E-state index contributed by atoms with van der Waals surface area (Å²) in [5, 5.41) is 14.2. The van der Waals surface area contributed by atoms with Gasteiger partial charge in [0.1, 0.15) is 6.33 Å². The number of amides is 1. The van der Waals surface area contributed by atoms with Crippen molar-refractivity contribution < 1.29 is 4.79 Å². The number of carbonyl (C=O) groups is 1.